The number of rotatable bonds is 9. The van der Waals surface area contributed by atoms with Gasteiger partial charge in [-0.05, 0) is 24.6 Å². The van der Waals surface area contributed by atoms with Crippen LogP contribution in [0.2, 0.25) is 0 Å². The first-order chi connectivity index (χ1) is 15.1. The van der Waals surface area contributed by atoms with Gasteiger partial charge in [-0.15, -0.1) is 24.0 Å². The van der Waals surface area contributed by atoms with E-state index in [-0.39, 0.29) is 30.0 Å². The lowest BCUT2D eigenvalue weighted by Crippen LogP contribution is -2.33. The predicted molar refractivity (Wildman–Crippen MR) is 138 cm³/mol. The number of halogens is 1. The number of methoxy groups -OCH3 is 3. The molecule has 0 aliphatic carbocycles. The topological polar surface area (TPSA) is 77.2 Å². The van der Waals surface area contributed by atoms with Crippen LogP contribution in [0.3, 0.4) is 0 Å². The Labute approximate surface area is 206 Å². The Morgan fingerprint density at radius 2 is 1.66 bits per heavy atom. The summed E-state index contributed by atoms with van der Waals surface area (Å²) in [7, 11) is 4.77. The van der Waals surface area contributed by atoms with Crippen LogP contribution < -0.4 is 24.8 Å². The summed E-state index contributed by atoms with van der Waals surface area (Å²) in [4.78, 5) is 4.73. The number of nitrogens with zero attached hydrogens (tertiary/aromatic N) is 1. The maximum Gasteiger partial charge on any atom is 0.203 e. The smallest absolute Gasteiger partial charge is 0.203 e. The van der Waals surface area contributed by atoms with Gasteiger partial charge in [0, 0.05) is 30.8 Å². The van der Waals surface area contributed by atoms with E-state index in [9.17, 15) is 0 Å². The van der Waals surface area contributed by atoms with Gasteiger partial charge in [0.1, 0.15) is 5.76 Å². The third-order valence-electron chi connectivity index (χ3n) is 4.79. The van der Waals surface area contributed by atoms with Crippen LogP contribution in [0.15, 0.2) is 70.3 Å². The van der Waals surface area contributed by atoms with Gasteiger partial charge in [-0.3, -0.25) is 4.99 Å². The Hall–Kier alpha value is -2.88. The first kappa shape index (κ1) is 25.4. The van der Waals surface area contributed by atoms with E-state index in [1.807, 2.05) is 42.5 Å². The standard InChI is InChI=1S/C24H29N3O4.HI/c1-17(18-9-6-5-7-10-18)26-24(25-13-12-20-11-8-14-31-20)27-19-15-21(28-2)23(30-4)22(16-19)29-3;/h5-11,14-17H,12-13H2,1-4H3,(H2,25,26,27);1H. The zero-order valence-electron chi connectivity index (χ0n) is 18.8. The fraction of sp³-hybridized carbons (Fsp3) is 0.292. The molecule has 1 atom stereocenters. The lowest BCUT2D eigenvalue weighted by molar-refractivity contribution is 0.324. The maximum absolute atomic E-state index is 5.46. The van der Waals surface area contributed by atoms with E-state index in [0.29, 0.717) is 36.2 Å². The SMILES string of the molecule is COc1cc(NC(=NCCc2ccco2)NC(C)c2ccccc2)cc(OC)c1OC.I. The van der Waals surface area contributed by atoms with Crippen LogP contribution in [0, 0.1) is 0 Å². The third-order valence-corrected chi connectivity index (χ3v) is 4.79. The largest absolute Gasteiger partial charge is 0.493 e. The van der Waals surface area contributed by atoms with Crippen LogP contribution in [0.1, 0.15) is 24.3 Å². The molecule has 0 radical (unpaired) electrons. The molecular formula is C24H30IN3O4. The molecule has 2 N–H and O–H groups in total. The van der Waals surface area contributed by atoms with Crippen molar-refractivity contribution in [1.82, 2.24) is 5.32 Å². The molecule has 0 amide bonds. The van der Waals surface area contributed by atoms with Crippen molar-refractivity contribution in [1.29, 1.82) is 0 Å². The quantitative estimate of drug-likeness (QED) is 0.214. The molecule has 0 fully saturated rings. The molecular weight excluding hydrogens is 521 g/mol. The number of aliphatic imine (C=N–C) groups is 1. The second-order valence-electron chi connectivity index (χ2n) is 6.88. The highest BCUT2D eigenvalue weighted by Gasteiger charge is 2.15. The third kappa shape index (κ3) is 6.81. The highest BCUT2D eigenvalue weighted by Crippen LogP contribution is 2.39. The van der Waals surface area contributed by atoms with Crippen molar-refractivity contribution in [3.8, 4) is 17.2 Å². The number of hydrogen-bond acceptors (Lipinski definition) is 5. The molecule has 1 aromatic heterocycles. The second-order valence-corrected chi connectivity index (χ2v) is 6.88. The van der Waals surface area contributed by atoms with E-state index in [0.717, 1.165) is 17.0 Å². The number of anilines is 1. The molecule has 0 aliphatic rings. The average Bonchev–Trinajstić information content (AvgIpc) is 3.32. The maximum atomic E-state index is 5.46. The Kier molecular flexibility index (Phi) is 10.2. The minimum atomic E-state index is 0. The lowest BCUT2D eigenvalue weighted by Gasteiger charge is -2.20. The molecule has 7 nitrogen and oxygen atoms in total. The van der Waals surface area contributed by atoms with Gasteiger partial charge in [0.05, 0.1) is 33.6 Å². The minimum absolute atomic E-state index is 0. The van der Waals surface area contributed by atoms with E-state index in [1.165, 1.54) is 0 Å². The number of nitrogens with one attached hydrogen (secondary N) is 2. The number of guanidine groups is 1. The zero-order valence-corrected chi connectivity index (χ0v) is 21.1. The van der Waals surface area contributed by atoms with Gasteiger partial charge in [0.25, 0.3) is 0 Å². The molecule has 0 bridgehead atoms. The van der Waals surface area contributed by atoms with Crippen LogP contribution in [0.4, 0.5) is 5.69 Å². The molecule has 8 heteroatoms. The molecule has 0 aliphatic heterocycles. The normalized spacial score (nSPS) is 11.8. The Balaban J connectivity index is 0.00000363. The first-order valence-corrected chi connectivity index (χ1v) is 10.1. The highest BCUT2D eigenvalue weighted by molar-refractivity contribution is 14.0. The van der Waals surface area contributed by atoms with Gasteiger partial charge < -0.3 is 29.3 Å². The van der Waals surface area contributed by atoms with Gasteiger partial charge in [0.2, 0.25) is 5.75 Å². The van der Waals surface area contributed by atoms with Crippen LogP contribution in [0.5, 0.6) is 17.2 Å². The van der Waals surface area contributed by atoms with Gasteiger partial charge in [-0.25, -0.2) is 0 Å². The number of benzene rings is 2. The molecule has 1 unspecified atom stereocenters. The van der Waals surface area contributed by atoms with Crippen molar-refractivity contribution >= 4 is 35.6 Å². The monoisotopic (exact) mass is 551 g/mol. The number of furan rings is 1. The summed E-state index contributed by atoms with van der Waals surface area (Å²) in [6, 6.07) is 17.8. The average molecular weight is 551 g/mol. The van der Waals surface area contributed by atoms with Crippen molar-refractivity contribution < 1.29 is 18.6 Å². The highest BCUT2D eigenvalue weighted by atomic mass is 127. The van der Waals surface area contributed by atoms with Gasteiger partial charge in [-0.2, -0.15) is 0 Å². The molecule has 2 aromatic carbocycles. The van der Waals surface area contributed by atoms with Crippen molar-refractivity contribution in [3.63, 3.8) is 0 Å². The van der Waals surface area contributed by atoms with Crippen molar-refractivity contribution in [3.05, 3.63) is 72.2 Å². The molecule has 3 aromatic rings. The van der Waals surface area contributed by atoms with Crippen molar-refractivity contribution in [2.75, 3.05) is 33.2 Å². The van der Waals surface area contributed by atoms with Gasteiger partial charge >= 0.3 is 0 Å². The van der Waals surface area contributed by atoms with Gasteiger partial charge in [0.15, 0.2) is 17.5 Å². The Bertz CT molecular complexity index is 953. The predicted octanol–water partition coefficient (Wildman–Crippen LogP) is 5.28. The summed E-state index contributed by atoms with van der Waals surface area (Å²) < 4.78 is 21.8. The van der Waals surface area contributed by atoms with E-state index >= 15 is 0 Å². The summed E-state index contributed by atoms with van der Waals surface area (Å²) in [5.74, 6) is 3.20. The summed E-state index contributed by atoms with van der Waals surface area (Å²) in [6.07, 6.45) is 2.37. The molecule has 32 heavy (non-hydrogen) atoms. The molecule has 172 valence electrons. The van der Waals surface area contributed by atoms with Crippen molar-refractivity contribution in [2.24, 2.45) is 4.99 Å². The van der Waals surface area contributed by atoms with Crippen molar-refractivity contribution in [2.45, 2.75) is 19.4 Å². The zero-order chi connectivity index (χ0) is 22.1. The summed E-state index contributed by atoms with van der Waals surface area (Å²) in [6.45, 7) is 2.66. The Morgan fingerprint density at radius 3 is 2.22 bits per heavy atom. The van der Waals surface area contributed by atoms with Crippen LogP contribution in [-0.2, 0) is 6.42 Å². The number of ether oxygens (including phenoxy) is 3. The molecule has 0 saturated heterocycles. The van der Waals surface area contributed by atoms with Gasteiger partial charge in [-0.1, -0.05) is 30.3 Å². The van der Waals surface area contributed by atoms with Crippen LogP contribution in [-0.4, -0.2) is 33.8 Å². The van der Waals surface area contributed by atoms with Crippen LogP contribution >= 0.6 is 24.0 Å². The molecule has 0 spiro atoms. The first-order valence-electron chi connectivity index (χ1n) is 10.1. The van der Waals surface area contributed by atoms with E-state index in [2.05, 4.69) is 29.7 Å². The van der Waals surface area contributed by atoms with E-state index in [4.69, 9.17) is 23.6 Å². The summed E-state index contributed by atoms with van der Waals surface area (Å²) >= 11 is 0. The Morgan fingerprint density at radius 1 is 0.969 bits per heavy atom. The fourth-order valence-electron chi connectivity index (χ4n) is 3.17. The molecule has 1 heterocycles. The lowest BCUT2D eigenvalue weighted by atomic mass is 10.1. The number of hydrogen-bond donors (Lipinski definition) is 2. The van der Waals surface area contributed by atoms with Crippen LogP contribution in [0.25, 0.3) is 0 Å². The molecule has 3 rings (SSSR count). The summed E-state index contributed by atoms with van der Waals surface area (Å²) in [5.41, 5.74) is 1.92. The van der Waals surface area contributed by atoms with E-state index in [1.54, 1.807) is 27.6 Å². The minimum Gasteiger partial charge on any atom is -0.493 e. The summed E-state index contributed by atoms with van der Waals surface area (Å²) in [5, 5.41) is 6.81. The molecule has 0 saturated carbocycles. The fourth-order valence-corrected chi connectivity index (χ4v) is 3.17. The van der Waals surface area contributed by atoms with E-state index < -0.39 is 0 Å². The second kappa shape index (κ2) is 12.8.